The van der Waals surface area contributed by atoms with Crippen molar-refractivity contribution in [2.45, 2.75) is 13.3 Å². The van der Waals surface area contributed by atoms with Crippen LogP contribution in [0.15, 0.2) is 60.8 Å². The zero-order valence-corrected chi connectivity index (χ0v) is 17.4. The zero-order chi connectivity index (χ0) is 22.4. The van der Waals surface area contributed by atoms with E-state index in [-0.39, 0.29) is 28.4 Å². The van der Waals surface area contributed by atoms with E-state index in [1.54, 1.807) is 31.2 Å². The summed E-state index contributed by atoms with van der Waals surface area (Å²) in [6.45, 7) is 1.74. The van der Waals surface area contributed by atoms with Gasteiger partial charge in [-0.05, 0) is 36.8 Å². The minimum absolute atomic E-state index is 0.0431. The number of benzene rings is 2. The molecule has 0 bridgehead atoms. The molecule has 0 unspecified atom stereocenters. The molecule has 0 radical (unpaired) electrons. The number of nitrogens with one attached hydrogen (secondary N) is 3. The first-order chi connectivity index (χ1) is 14.8. The van der Waals surface area contributed by atoms with Crippen molar-refractivity contribution in [3.8, 4) is 11.4 Å². The first-order valence-corrected chi connectivity index (χ1v) is 11.0. The Morgan fingerprint density at radius 1 is 1.03 bits per heavy atom. The van der Waals surface area contributed by atoms with Crippen LogP contribution < -0.4 is 15.6 Å². The first-order valence-electron chi connectivity index (χ1n) is 9.34. The maximum atomic E-state index is 12.3. The molecule has 11 heteroatoms. The summed E-state index contributed by atoms with van der Waals surface area (Å²) in [7, 11) is -3.50. The van der Waals surface area contributed by atoms with Crippen LogP contribution in [0.5, 0.6) is 5.75 Å². The molecule has 2 aromatic carbocycles. The third kappa shape index (κ3) is 5.60. The van der Waals surface area contributed by atoms with Crippen LogP contribution in [0.2, 0.25) is 0 Å². The van der Waals surface area contributed by atoms with Crippen LogP contribution in [0.4, 0.5) is 5.69 Å². The molecule has 1 heterocycles. The summed E-state index contributed by atoms with van der Waals surface area (Å²) in [6.07, 6.45) is 1.73. The predicted molar refractivity (Wildman–Crippen MR) is 114 cm³/mol. The van der Waals surface area contributed by atoms with Gasteiger partial charge in [0.15, 0.2) is 11.4 Å². The zero-order valence-electron chi connectivity index (χ0n) is 16.6. The summed E-state index contributed by atoms with van der Waals surface area (Å²) in [5.41, 5.74) is 5.11. The highest BCUT2D eigenvalue weighted by molar-refractivity contribution is 7.92. The van der Waals surface area contributed by atoms with Crippen LogP contribution in [-0.4, -0.2) is 40.9 Å². The predicted octanol–water partition coefficient (Wildman–Crippen LogP) is 1.80. The van der Waals surface area contributed by atoms with Gasteiger partial charge >= 0.3 is 0 Å². The second-order valence-electron chi connectivity index (χ2n) is 6.55. The minimum atomic E-state index is -3.50. The number of carbonyl (C=O) groups excluding carboxylic acids is 2. The van der Waals surface area contributed by atoms with E-state index < -0.39 is 21.8 Å². The first kappa shape index (κ1) is 21.8. The summed E-state index contributed by atoms with van der Waals surface area (Å²) in [4.78, 5) is 24.7. The van der Waals surface area contributed by atoms with Gasteiger partial charge in [-0.2, -0.15) is 5.10 Å². The third-order valence-corrected chi connectivity index (χ3v) is 5.58. The number of aromatic nitrogens is 2. The highest BCUT2D eigenvalue weighted by Gasteiger charge is 2.18. The molecule has 0 atom stereocenters. The van der Waals surface area contributed by atoms with Gasteiger partial charge < -0.3 is 5.11 Å². The number of sulfonamides is 1. The van der Waals surface area contributed by atoms with Crippen LogP contribution in [0.25, 0.3) is 5.69 Å². The molecule has 0 saturated carbocycles. The molecule has 10 nitrogen and oxygen atoms in total. The Hall–Kier alpha value is -3.86. The molecule has 4 N–H and O–H groups in total. The molecular formula is C20H21N5O5S. The van der Waals surface area contributed by atoms with Crippen molar-refractivity contribution < 1.29 is 23.1 Å². The molecule has 3 rings (SSSR count). The molecule has 2 amide bonds. The molecule has 162 valence electrons. The normalized spacial score (nSPS) is 11.0. The Morgan fingerprint density at radius 2 is 1.74 bits per heavy atom. The van der Waals surface area contributed by atoms with Crippen LogP contribution >= 0.6 is 0 Å². The van der Waals surface area contributed by atoms with E-state index in [4.69, 9.17) is 0 Å². The maximum Gasteiger partial charge on any atom is 0.294 e. The lowest BCUT2D eigenvalue weighted by molar-refractivity contribution is 0.0842. The summed E-state index contributed by atoms with van der Waals surface area (Å²) in [5.74, 6) is -1.89. The Balaban J connectivity index is 1.65. The van der Waals surface area contributed by atoms with Gasteiger partial charge in [-0.1, -0.05) is 31.2 Å². The van der Waals surface area contributed by atoms with Gasteiger partial charge in [0.1, 0.15) is 0 Å². The van der Waals surface area contributed by atoms with Crippen molar-refractivity contribution in [2.24, 2.45) is 0 Å². The number of aromatic hydroxyl groups is 1. The van der Waals surface area contributed by atoms with Gasteiger partial charge in [0, 0.05) is 11.3 Å². The number of hydrogen-bond donors (Lipinski definition) is 4. The average Bonchev–Trinajstić information content (AvgIpc) is 3.14. The maximum absolute atomic E-state index is 12.3. The van der Waals surface area contributed by atoms with E-state index in [1.165, 1.54) is 35.1 Å². The van der Waals surface area contributed by atoms with E-state index >= 15 is 0 Å². The Labute approximate surface area is 178 Å². The van der Waals surface area contributed by atoms with Crippen molar-refractivity contribution in [3.05, 3.63) is 72.1 Å². The SMILES string of the molecule is CCCS(=O)(=O)Nc1cccc(C(=O)NNC(=O)c2nn(-c3ccccc3)cc2O)c1. The monoisotopic (exact) mass is 443 g/mol. The second kappa shape index (κ2) is 9.30. The number of hydrazine groups is 1. The van der Waals surface area contributed by atoms with Gasteiger partial charge in [-0.3, -0.25) is 25.2 Å². The Kier molecular flexibility index (Phi) is 6.55. The summed E-state index contributed by atoms with van der Waals surface area (Å²) < 4.78 is 27.5. The Morgan fingerprint density at radius 3 is 2.45 bits per heavy atom. The molecule has 0 aliphatic carbocycles. The lowest BCUT2D eigenvalue weighted by Crippen LogP contribution is -2.41. The smallest absolute Gasteiger partial charge is 0.294 e. The van der Waals surface area contributed by atoms with Crippen molar-refractivity contribution in [1.82, 2.24) is 20.6 Å². The molecule has 0 aliphatic rings. The summed E-state index contributed by atoms with van der Waals surface area (Å²) in [6, 6.07) is 14.7. The van der Waals surface area contributed by atoms with E-state index in [0.29, 0.717) is 12.1 Å². The fraction of sp³-hybridized carbons (Fsp3) is 0.150. The minimum Gasteiger partial charge on any atom is -0.504 e. The van der Waals surface area contributed by atoms with Crippen molar-refractivity contribution >= 4 is 27.5 Å². The van der Waals surface area contributed by atoms with Crippen LogP contribution in [0, 0.1) is 0 Å². The van der Waals surface area contributed by atoms with Gasteiger partial charge in [0.2, 0.25) is 10.0 Å². The van der Waals surface area contributed by atoms with Crippen molar-refractivity contribution in [2.75, 3.05) is 10.5 Å². The largest absolute Gasteiger partial charge is 0.504 e. The molecule has 0 spiro atoms. The lowest BCUT2D eigenvalue weighted by atomic mass is 10.2. The number of rotatable bonds is 7. The molecule has 3 aromatic rings. The van der Waals surface area contributed by atoms with Crippen molar-refractivity contribution in [1.29, 1.82) is 0 Å². The van der Waals surface area contributed by atoms with Crippen molar-refractivity contribution in [3.63, 3.8) is 0 Å². The van der Waals surface area contributed by atoms with Gasteiger partial charge in [-0.25, -0.2) is 13.1 Å². The number of amides is 2. The fourth-order valence-corrected chi connectivity index (χ4v) is 3.83. The molecule has 0 aliphatic heterocycles. The Bertz CT molecular complexity index is 1190. The summed E-state index contributed by atoms with van der Waals surface area (Å²) in [5, 5.41) is 14.0. The standard InChI is InChI=1S/C20H21N5O5S/c1-2-11-31(29,30)24-15-8-6-7-14(12-15)19(27)21-22-20(28)18-17(26)13-25(23-18)16-9-4-3-5-10-16/h3-10,12-13,24,26H,2,11H2,1H3,(H,21,27)(H,22,28). The molecule has 0 saturated heterocycles. The van der Waals surface area contributed by atoms with Crippen LogP contribution in [-0.2, 0) is 10.0 Å². The summed E-state index contributed by atoms with van der Waals surface area (Å²) >= 11 is 0. The quantitative estimate of drug-likeness (QED) is 0.410. The number of nitrogens with zero attached hydrogens (tertiary/aromatic N) is 2. The van der Waals surface area contributed by atoms with E-state index in [9.17, 15) is 23.1 Å². The number of anilines is 1. The van der Waals surface area contributed by atoms with Crippen LogP contribution in [0.3, 0.4) is 0 Å². The number of carbonyl (C=O) groups is 2. The highest BCUT2D eigenvalue weighted by Crippen LogP contribution is 2.18. The second-order valence-corrected chi connectivity index (χ2v) is 8.39. The highest BCUT2D eigenvalue weighted by atomic mass is 32.2. The van der Waals surface area contributed by atoms with Gasteiger partial charge in [0.25, 0.3) is 11.8 Å². The third-order valence-electron chi connectivity index (χ3n) is 4.09. The molecule has 31 heavy (non-hydrogen) atoms. The van der Waals surface area contributed by atoms with Crippen LogP contribution in [0.1, 0.15) is 34.2 Å². The lowest BCUT2D eigenvalue weighted by Gasteiger charge is -2.10. The molecule has 0 fully saturated rings. The van der Waals surface area contributed by atoms with Gasteiger partial charge in [-0.15, -0.1) is 0 Å². The molecule has 1 aromatic heterocycles. The number of hydrogen-bond acceptors (Lipinski definition) is 6. The average molecular weight is 443 g/mol. The van der Waals surface area contributed by atoms with Gasteiger partial charge in [0.05, 0.1) is 17.6 Å². The number of para-hydroxylation sites is 1. The van der Waals surface area contributed by atoms with E-state index in [0.717, 1.165) is 0 Å². The fourth-order valence-electron chi connectivity index (χ4n) is 2.71. The van der Waals surface area contributed by atoms with E-state index in [1.807, 2.05) is 6.07 Å². The topological polar surface area (TPSA) is 142 Å². The molecular weight excluding hydrogens is 422 g/mol. The van der Waals surface area contributed by atoms with E-state index in [2.05, 4.69) is 20.7 Å².